The number of pyridine rings is 1. The van der Waals surface area contributed by atoms with Crippen LogP contribution in [-0.4, -0.2) is 29.5 Å². The van der Waals surface area contributed by atoms with E-state index in [1.165, 1.54) is 18.3 Å². The fourth-order valence-electron chi connectivity index (χ4n) is 3.16. The lowest BCUT2D eigenvalue weighted by molar-refractivity contribution is 0.0978. The van der Waals surface area contributed by atoms with Gasteiger partial charge in [0.15, 0.2) is 5.03 Å². The molecule has 0 unspecified atom stereocenters. The Labute approximate surface area is 182 Å². The van der Waals surface area contributed by atoms with Crippen LogP contribution in [0.4, 0.5) is 0 Å². The first-order valence-corrected chi connectivity index (χ1v) is 11.2. The number of aryl methyl sites for hydroxylation is 3. The molecule has 2 heterocycles. The van der Waals surface area contributed by atoms with Crippen LogP contribution in [0.25, 0.3) is 0 Å². The van der Waals surface area contributed by atoms with Gasteiger partial charge in [0.05, 0.1) is 6.20 Å². The van der Waals surface area contributed by atoms with Gasteiger partial charge >= 0.3 is 0 Å². The van der Waals surface area contributed by atoms with Gasteiger partial charge in [0.25, 0.3) is 15.9 Å². The predicted molar refractivity (Wildman–Crippen MR) is 117 cm³/mol. The topological polar surface area (TPSA) is 114 Å². The van der Waals surface area contributed by atoms with E-state index in [0.29, 0.717) is 11.4 Å². The molecule has 0 aliphatic rings. The fraction of sp³-hybridized carbons (Fsp3) is 0.318. The van der Waals surface area contributed by atoms with Crippen molar-refractivity contribution >= 4 is 15.9 Å². The third-order valence-electron chi connectivity index (χ3n) is 4.67. The lowest BCUT2D eigenvalue weighted by Crippen LogP contribution is -2.31. The van der Waals surface area contributed by atoms with E-state index in [2.05, 4.69) is 15.2 Å². The highest BCUT2D eigenvalue weighted by Crippen LogP contribution is 2.32. The van der Waals surface area contributed by atoms with Crippen LogP contribution < -0.4 is 9.46 Å². The second-order valence-corrected chi connectivity index (χ2v) is 10.1. The molecule has 1 amide bonds. The van der Waals surface area contributed by atoms with Gasteiger partial charge in [-0.05, 0) is 50.1 Å². The number of H-pyrrole nitrogens is 1. The molecule has 3 aromatic rings. The Morgan fingerprint density at radius 1 is 1.06 bits per heavy atom. The summed E-state index contributed by atoms with van der Waals surface area (Å²) in [6, 6.07) is 8.42. The summed E-state index contributed by atoms with van der Waals surface area (Å²) in [7, 11) is -4.12. The van der Waals surface area contributed by atoms with E-state index in [1.807, 2.05) is 58.4 Å². The summed E-state index contributed by atoms with van der Waals surface area (Å²) in [5.41, 5.74) is 3.27. The summed E-state index contributed by atoms with van der Waals surface area (Å²) in [6.07, 6.45) is 1.29. The number of nitrogens with one attached hydrogen (secondary N) is 2. The second-order valence-electron chi connectivity index (χ2n) is 8.48. The van der Waals surface area contributed by atoms with E-state index in [0.717, 1.165) is 16.7 Å². The molecule has 164 valence electrons. The van der Waals surface area contributed by atoms with E-state index < -0.39 is 15.9 Å². The van der Waals surface area contributed by atoms with Crippen molar-refractivity contribution in [2.75, 3.05) is 0 Å². The first kappa shape index (κ1) is 22.5. The number of carbonyl (C=O) groups excluding carboxylic acids is 1. The zero-order valence-corrected chi connectivity index (χ0v) is 19.2. The molecule has 0 radical (unpaired) electrons. The molecular weight excluding hydrogens is 416 g/mol. The molecule has 0 spiro atoms. The van der Waals surface area contributed by atoms with E-state index in [1.54, 1.807) is 6.07 Å². The van der Waals surface area contributed by atoms with Crippen molar-refractivity contribution in [1.29, 1.82) is 0 Å². The Morgan fingerprint density at radius 2 is 1.71 bits per heavy atom. The number of aromatic nitrogens is 3. The molecule has 2 N–H and O–H groups in total. The average Bonchev–Trinajstić information content (AvgIpc) is 3.19. The van der Waals surface area contributed by atoms with Crippen LogP contribution in [0.3, 0.4) is 0 Å². The maximum Gasteiger partial charge on any atom is 0.281 e. The van der Waals surface area contributed by atoms with Crippen molar-refractivity contribution in [3.63, 3.8) is 0 Å². The normalized spacial score (nSPS) is 11.9. The molecule has 2 aromatic heterocycles. The highest BCUT2D eigenvalue weighted by atomic mass is 32.2. The number of nitrogens with zero attached hydrogens (tertiary/aromatic N) is 2. The van der Waals surface area contributed by atoms with Gasteiger partial charge in [-0.3, -0.25) is 9.89 Å². The number of benzene rings is 1. The average molecular weight is 443 g/mol. The Morgan fingerprint density at radius 3 is 2.26 bits per heavy atom. The van der Waals surface area contributed by atoms with Crippen LogP contribution in [0.5, 0.6) is 11.6 Å². The van der Waals surface area contributed by atoms with Gasteiger partial charge in [0.1, 0.15) is 11.3 Å². The quantitative estimate of drug-likeness (QED) is 0.619. The van der Waals surface area contributed by atoms with Crippen molar-refractivity contribution in [3.05, 3.63) is 64.5 Å². The Balaban J connectivity index is 2.05. The monoisotopic (exact) mass is 442 g/mol. The van der Waals surface area contributed by atoms with Gasteiger partial charge in [-0.1, -0.05) is 38.5 Å². The van der Waals surface area contributed by atoms with Crippen LogP contribution in [0.1, 0.15) is 53.5 Å². The maximum atomic E-state index is 12.9. The van der Waals surface area contributed by atoms with Crippen molar-refractivity contribution < 1.29 is 17.9 Å². The van der Waals surface area contributed by atoms with Gasteiger partial charge in [-0.15, -0.1) is 0 Å². The number of hydrogen-bond acceptors (Lipinski definition) is 6. The number of sulfonamides is 1. The molecule has 9 heteroatoms. The second kappa shape index (κ2) is 8.14. The van der Waals surface area contributed by atoms with E-state index in [-0.39, 0.29) is 21.9 Å². The molecule has 0 aliphatic carbocycles. The molecule has 3 rings (SSSR count). The zero-order chi connectivity index (χ0) is 23.0. The lowest BCUT2D eigenvalue weighted by Gasteiger charge is -2.21. The van der Waals surface area contributed by atoms with Crippen molar-refractivity contribution in [2.45, 2.75) is 52.0 Å². The van der Waals surface area contributed by atoms with Crippen LogP contribution in [-0.2, 0) is 15.4 Å². The molecule has 0 saturated heterocycles. The summed E-state index contributed by atoms with van der Waals surface area (Å²) in [4.78, 5) is 17.5. The summed E-state index contributed by atoms with van der Waals surface area (Å²) in [5, 5.41) is 5.74. The molecule has 0 fully saturated rings. The van der Waals surface area contributed by atoms with Crippen LogP contribution in [0, 0.1) is 20.8 Å². The van der Waals surface area contributed by atoms with E-state index >= 15 is 0 Å². The molecule has 0 saturated carbocycles. The predicted octanol–water partition coefficient (Wildman–Crippen LogP) is 3.94. The number of rotatable bonds is 5. The maximum absolute atomic E-state index is 12.9. The summed E-state index contributed by atoms with van der Waals surface area (Å²) < 4.78 is 33.0. The highest BCUT2D eigenvalue weighted by Gasteiger charge is 2.26. The molecule has 0 bridgehead atoms. The third kappa shape index (κ3) is 4.93. The van der Waals surface area contributed by atoms with Crippen LogP contribution in [0.2, 0.25) is 0 Å². The standard InChI is InChI=1S/C22H26N4O4S/c1-13-11-14(2)19(15(3)12-13)30-21-16(7-8-17(24-21)22(4,5)6)20(27)26-31(28,29)18-9-10-23-25-18/h7-12H,1-6H3,(H,23,25)(H,26,27). The first-order chi connectivity index (χ1) is 14.4. The van der Waals surface area contributed by atoms with Gasteiger partial charge in [0.2, 0.25) is 5.88 Å². The van der Waals surface area contributed by atoms with Crippen molar-refractivity contribution in [2.24, 2.45) is 0 Å². The summed E-state index contributed by atoms with van der Waals surface area (Å²) >= 11 is 0. The number of aromatic amines is 1. The van der Waals surface area contributed by atoms with Crippen LogP contribution in [0.15, 0.2) is 41.6 Å². The Bertz CT molecular complexity index is 1200. The number of ether oxygens (including phenoxy) is 1. The lowest BCUT2D eigenvalue weighted by atomic mass is 9.91. The molecule has 0 aliphatic heterocycles. The number of hydrogen-bond donors (Lipinski definition) is 2. The largest absolute Gasteiger partial charge is 0.438 e. The highest BCUT2D eigenvalue weighted by molar-refractivity contribution is 7.90. The number of carbonyl (C=O) groups is 1. The minimum Gasteiger partial charge on any atom is -0.438 e. The minimum absolute atomic E-state index is 0.00969. The van der Waals surface area contributed by atoms with E-state index in [4.69, 9.17) is 4.74 Å². The van der Waals surface area contributed by atoms with Crippen LogP contribution >= 0.6 is 0 Å². The summed E-state index contributed by atoms with van der Waals surface area (Å²) in [5.74, 6) is -0.227. The molecule has 8 nitrogen and oxygen atoms in total. The SMILES string of the molecule is Cc1cc(C)c(Oc2nc(C(C)(C)C)ccc2C(=O)NS(=O)(=O)c2ccn[nH]2)c(C)c1. The molecule has 1 aromatic carbocycles. The van der Waals surface area contributed by atoms with Crippen molar-refractivity contribution in [1.82, 2.24) is 19.9 Å². The zero-order valence-electron chi connectivity index (χ0n) is 18.4. The smallest absolute Gasteiger partial charge is 0.281 e. The minimum atomic E-state index is -4.12. The Hall–Kier alpha value is -3.20. The molecule has 0 atom stereocenters. The Kier molecular flexibility index (Phi) is 5.91. The third-order valence-corrected chi connectivity index (χ3v) is 5.93. The first-order valence-electron chi connectivity index (χ1n) is 9.72. The van der Waals surface area contributed by atoms with Gasteiger partial charge < -0.3 is 4.74 Å². The van der Waals surface area contributed by atoms with Gasteiger partial charge in [-0.25, -0.2) is 9.71 Å². The molecule has 31 heavy (non-hydrogen) atoms. The number of amides is 1. The van der Waals surface area contributed by atoms with Gasteiger partial charge in [-0.2, -0.15) is 13.5 Å². The van der Waals surface area contributed by atoms with Gasteiger partial charge in [0, 0.05) is 11.1 Å². The molecular formula is C22H26N4O4S. The van der Waals surface area contributed by atoms with E-state index in [9.17, 15) is 13.2 Å². The summed E-state index contributed by atoms with van der Waals surface area (Å²) in [6.45, 7) is 11.8. The fourth-order valence-corrected chi connectivity index (χ4v) is 4.03. The van der Waals surface area contributed by atoms with Crippen molar-refractivity contribution in [3.8, 4) is 11.6 Å².